The van der Waals surface area contributed by atoms with Crippen LogP contribution in [0.2, 0.25) is 0 Å². The molecule has 3 rings (SSSR count). The second kappa shape index (κ2) is 7.19. The van der Waals surface area contributed by atoms with Crippen molar-refractivity contribution in [3.8, 4) is 0 Å². The maximum absolute atomic E-state index is 13.3. The molecule has 2 aromatic carbocycles. The van der Waals surface area contributed by atoms with Crippen LogP contribution in [0.25, 0.3) is 0 Å². The summed E-state index contributed by atoms with van der Waals surface area (Å²) < 4.78 is 15.8. The van der Waals surface area contributed by atoms with Gasteiger partial charge in [-0.15, -0.1) is 0 Å². The van der Waals surface area contributed by atoms with E-state index in [1.54, 1.807) is 18.3 Å². The van der Waals surface area contributed by atoms with Crippen molar-refractivity contribution in [1.29, 1.82) is 0 Å². The zero-order valence-electron chi connectivity index (χ0n) is 12.7. The zero-order valence-corrected chi connectivity index (χ0v) is 15.1. The third kappa shape index (κ3) is 3.85. The molecule has 3 aromatic rings. The molecular weight excluding hydrogens is 393 g/mol. The van der Waals surface area contributed by atoms with E-state index in [-0.39, 0.29) is 11.5 Å². The first-order chi connectivity index (χ1) is 11.5. The molecule has 1 N–H and O–H groups in total. The minimum atomic E-state index is -0.454. The van der Waals surface area contributed by atoms with Gasteiger partial charge in [0.05, 0.1) is 5.56 Å². The van der Waals surface area contributed by atoms with Gasteiger partial charge < -0.3 is 9.88 Å². The number of aromatic nitrogens is 2. The molecule has 0 atom stereocenters. The van der Waals surface area contributed by atoms with Crippen LogP contribution in [-0.4, -0.2) is 15.5 Å². The van der Waals surface area contributed by atoms with Gasteiger partial charge in [0.2, 0.25) is 0 Å². The Morgan fingerprint density at radius 1 is 1.25 bits per heavy atom. The highest BCUT2D eigenvalue weighted by Crippen LogP contribution is 2.27. The van der Waals surface area contributed by atoms with E-state index in [1.807, 2.05) is 29.9 Å². The van der Waals surface area contributed by atoms with Crippen molar-refractivity contribution in [2.75, 3.05) is 5.32 Å². The number of hydrogen-bond donors (Lipinski definition) is 1. The maximum atomic E-state index is 13.3. The Kier molecular flexibility index (Phi) is 5.01. The molecule has 0 aliphatic carbocycles. The average molecular weight is 406 g/mol. The molecule has 0 bridgehead atoms. The van der Waals surface area contributed by atoms with Crippen LogP contribution in [0.4, 0.5) is 10.1 Å². The minimum absolute atomic E-state index is 0.251. The number of nitrogens with zero attached hydrogens (tertiary/aromatic N) is 2. The summed E-state index contributed by atoms with van der Waals surface area (Å²) in [6.07, 6.45) is 3.63. The predicted molar refractivity (Wildman–Crippen MR) is 95.8 cm³/mol. The van der Waals surface area contributed by atoms with Gasteiger partial charge in [-0.1, -0.05) is 11.8 Å². The first-order valence-corrected chi connectivity index (χ1v) is 8.65. The number of imidazole rings is 1. The molecule has 0 saturated heterocycles. The predicted octanol–water partition coefficient (Wildman–Crippen LogP) is 4.73. The van der Waals surface area contributed by atoms with Gasteiger partial charge in [-0.05, 0) is 58.4 Å². The van der Waals surface area contributed by atoms with Gasteiger partial charge in [0.25, 0.3) is 5.91 Å². The Balaban J connectivity index is 1.71. The molecule has 0 spiro atoms. The minimum Gasteiger partial charge on any atom is -0.329 e. The van der Waals surface area contributed by atoms with E-state index < -0.39 is 5.82 Å². The van der Waals surface area contributed by atoms with E-state index in [4.69, 9.17) is 0 Å². The molecule has 4 nitrogen and oxygen atoms in total. The van der Waals surface area contributed by atoms with E-state index in [1.165, 1.54) is 30.0 Å². The first kappa shape index (κ1) is 16.7. The van der Waals surface area contributed by atoms with E-state index in [0.717, 1.165) is 10.1 Å². The second-order valence-electron chi connectivity index (χ2n) is 5.03. The molecule has 7 heteroatoms. The van der Waals surface area contributed by atoms with Crippen LogP contribution in [0.5, 0.6) is 0 Å². The molecular formula is C17H13BrFN3OS. The summed E-state index contributed by atoms with van der Waals surface area (Å²) in [6, 6.07) is 11.4. The lowest BCUT2D eigenvalue weighted by Gasteiger charge is -2.08. The molecule has 1 heterocycles. The number of hydrogen-bond acceptors (Lipinski definition) is 3. The van der Waals surface area contributed by atoms with Crippen molar-refractivity contribution < 1.29 is 9.18 Å². The molecule has 24 heavy (non-hydrogen) atoms. The first-order valence-electron chi connectivity index (χ1n) is 7.04. The van der Waals surface area contributed by atoms with Crippen LogP contribution < -0.4 is 5.32 Å². The number of aryl methyl sites for hydroxylation is 1. The molecule has 0 aliphatic rings. The van der Waals surface area contributed by atoms with Crippen molar-refractivity contribution >= 4 is 39.3 Å². The second-order valence-corrected chi connectivity index (χ2v) is 6.92. The van der Waals surface area contributed by atoms with Gasteiger partial charge in [-0.2, -0.15) is 0 Å². The Morgan fingerprint density at radius 3 is 2.67 bits per heavy atom. The number of carbonyl (C=O) groups excluding carboxylic acids is 1. The Morgan fingerprint density at radius 2 is 2.00 bits per heavy atom. The normalized spacial score (nSPS) is 10.6. The summed E-state index contributed by atoms with van der Waals surface area (Å²) in [5.41, 5.74) is 0.891. The molecule has 1 amide bonds. The molecule has 1 aromatic heterocycles. The largest absolute Gasteiger partial charge is 0.329 e. The summed E-state index contributed by atoms with van der Waals surface area (Å²) in [4.78, 5) is 17.5. The fourth-order valence-electron chi connectivity index (χ4n) is 2.03. The lowest BCUT2D eigenvalue weighted by Crippen LogP contribution is -2.12. The summed E-state index contributed by atoms with van der Waals surface area (Å²) in [5.74, 6) is -0.823. The van der Waals surface area contributed by atoms with Crippen molar-refractivity contribution in [1.82, 2.24) is 9.55 Å². The average Bonchev–Trinajstić information content (AvgIpc) is 2.96. The Hall–Kier alpha value is -2.12. The number of carbonyl (C=O) groups is 1. The number of amides is 1. The van der Waals surface area contributed by atoms with Crippen LogP contribution in [0.15, 0.2) is 69.4 Å². The highest BCUT2D eigenvalue weighted by molar-refractivity contribution is 9.10. The number of rotatable bonds is 4. The highest BCUT2D eigenvalue weighted by Gasteiger charge is 2.11. The maximum Gasteiger partial charge on any atom is 0.256 e. The third-order valence-corrected chi connectivity index (χ3v) is 5.05. The van der Waals surface area contributed by atoms with Gasteiger partial charge in [-0.25, -0.2) is 9.37 Å². The van der Waals surface area contributed by atoms with Crippen molar-refractivity contribution in [2.24, 2.45) is 7.05 Å². The molecule has 0 unspecified atom stereocenters. The van der Waals surface area contributed by atoms with Crippen LogP contribution in [-0.2, 0) is 7.05 Å². The van der Waals surface area contributed by atoms with E-state index in [0.29, 0.717) is 10.2 Å². The fourth-order valence-corrected chi connectivity index (χ4v) is 3.26. The number of benzene rings is 2. The standard InChI is InChI=1S/C17H13BrFN3OS/c1-22-9-8-20-17(22)24-13-5-3-12(4-6-13)21-16(23)14-10-11(19)2-7-15(14)18/h2-10H,1H3,(H,21,23). The molecule has 0 radical (unpaired) electrons. The van der Waals surface area contributed by atoms with E-state index in [2.05, 4.69) is 26.2 Å². The number of halogens is 2. The lowest BCUT2D eigenvalue weighted by atomic mass is 10.2. The third-order valence-electron chi connectivity index (χ3n) is 3.27. The zero-order chi connectivity index (χ0) is 17.1. The topological polar surface area (TPSA) is 46.9 Å². The molecule has 0 fully saturated rings. The van der Waals surface area contributed by atoms with Gasteiger partial charge >= 0.3 is 0 Å². The SMILES string of the molecule is Cn1ccnc1Sc1ccc(NC(=O)c2cc(F)ccc2Br)cc1. The molecule has 0 saturated carbocycles. The van der Waals surface area contributed by atoms with Crippen LogP contribution >= 0.6 is 27.7 Å². The van der Waals surface area contributed by atoms with Crippen molar-refractivity contribution in [3.05, 3.63) is 70.7 Å². The summed E-state index contributed by atoms with van der Waals surface area (Å²) in [5, 5.41) is 3.64. The number of nitrogens with one attached hydrogen (secondary N) is 1. The van der Waals surface area contributed by atoms with E-state index >= 15 is 0 Å². The Labute approximate surface area is 151 Å². The van der Waals surface area contributed by atoms with Crippen molar-refractivity contribution in [2.45, 2.75) is 10.1 Å². The van der Waals surface area contributed by atoms with Gasteiger partial charge in [0.1, 0.15) is 5.82 Å². The van der Waals surface area contributed by atoms with Gasteiger partial charge in [0.15, 0.2) is 5.16 Å². The number of anilines is 1. The quantitative estimate of drug-likeness (QED) is 0.682. The van der Waals surface area contributed by atoms with Crippen LogP contribution in [0.1, 0.15) is 10.4 Å². The lowest BCUT2D eigenvalue weighted by molar-refractivity contribution is 0.102. The fraction of sp³-hybridized carbons (Fsp3) is 0.0588. The summed E-state index contributed by atoms with van der Waals surface area (Å²) in [6.45, 7) is 0. The van der Waals surface area contributed by atoms with Crippen molar-refractivity contribution in [3.63, 3.8) is 0 Å². The van der Waals surface area contributed by atoms with Gasteiger partial charge in [-0.3, -0.25) is 4.79 Å². The summed E-state index contributed by atoms with van der Waals surface area (Å²) in [7, 11) is 1.93. The Bertz CT molecular complexity index is 880. The van der Waals surface area contributed by atoms with Crippen LogP contribution in [0, 0.1) is 5.82 Å². The smallest absolute Gasteiger partial charge is 0.256 e. The molecule has 122 valence electrons. The van der Waals surface area contributed by atoms with Gasteiger partial charge in [0, 0.05) is 34.5 Å². The van der Waals surface area contributed by atoms with Crippen LogP contribution in [0.3, 0.4) is 0 Å². The summed E-state index contributed by atoms with van der Waals surface area (Å²) >= 11 is 4.79. The highest BCUT2D eigenvalue weighted by atomic mass is 79.9. The molecule has 0 aliphatic heterocycles. The monoisotopic (exact) mass is 405 g/mol. The van der Waals surface area contributed by atoms with E-state index in [9.17, 15) is 9.18 Å².